The number of aromatic nitrogens is 2. The van der Waals surface area contributed by atoms with E-state index >= 15 is 0 Å². The van der Waals surface area contributed by atoms with Gasteiger partial charge >= 0.3 is 5.97 Å². The summed E-state index contributed by atoms with van der Waals surface area (Å²) in [6.45, 7) is 12.6. The monoisotopic (exact) mass is 348 g/mol. The highest BCUT2D eigenvalue weighted by atomic mass is 16.4. The first-order chi connectivity index (χ1) is 11.7. The van der Waals surface area contributed by atoms with Crippen molar-refractivity contribution in [2.45, 2.75) is 65.6 Å². The summed E-state index contributed by atoms with van der Waals surface area (Å²) in [5.74, 6) is -0.672. The number of piperidine rings is 1. The Kier molecular flexibility index (Phi) is 4.95. The molecule has 2 aliphatic rings. The summed E-state index contributed by atoms with van der Waals surface area (Å²) >= 11 is 0. The van der Waals surface area contributed by atoms with Crippen molar-refractivity contribution in [1.29, 1.82) is 0 Å². The average Bonchev–Trinajstić information content (AvgIpc) is 3.01. The standard InChI is InChI=1S/C19H32N4O2/c1-13(2)23-15(4)16(14(3)20-23)11-22-8-6-19(7-9-22)10-17(18(24)25)21(5)12-19/h13,17H,6-12H2,1-5H3,(H,24,25)/t17-/m0/s1. The number of rotatable bonds is 4. The molecule has 0 bridgehead atoms. The van der Waals surface area contributed by atoms with Gasteiger partial charge in [-0.2, -0.15) is 5.10 Å². The molecule has 0 aromatic carbocycles. The average molecular weight is 348 g/mol. The topological polar surface area (TPSA) is 61.6 Å². The van der Waals surface area contributed by atoms with Crippen molar-refractivity contribution < 1.29 is 9.90 Å². The van der Waals surface area contributed by atoms with Crippen LogP contribution in [0.2, 0.25) is 0 Å². The highest BCUT2D eigenvalue weighted by molar-refractivity contribution is 5.74. The number of carbonyl (C=O) groups is 1. The van der Waals surface area contributed by atoms with Gasteiger partial charge in [-0.1, -0.05) is 0 Å². The van der Waals surface area contributed by atoms with Crippen LogP contribution in [0.5, 0.6) is 0 Å². The number of aliphatic carboxylic acids is 1. The van der Waals surface area contributed by atoms with Crippen LogP contribution in [0.3, 0.4) is 0 Å². The van der Waals surface area contributed by atoms with E-state index in [1.165, 1.54) is 11.3 Å². The van der Waals surface area contributed by atoms with Gasteiger partial charge in [-0.15, -0.1) is 0 Å². The third-order valence-corrected chi connectivity index (χ3v) is 6.29. The first kappa shape index (κ1) is 18.4. The van der Waals surface area contributed by atoms with Crippen LogP contribution in [-0.2, 0) is 11.3 Å². The molecule has 3 heterocycles. The Hall–Kier alpha value is -1.40. The molecule has 2 aliphatic heterocycles. The van der Waals surface area contributed by atoms with Crippen molar-refractivity contribution in [1.82, 2.24) is 19.6 Å². The molecule has 6 nitrogen and oxygen atoms in total. The van der Waals surface area contributed by atoms with Gasteiger partial charge in [0.1, 0.15) is 6.04 Å². The molecule has 0 aliphatic carbocycles. The van der Waals surface area contributed by atoms with Crippen molar-refractivity contribution in [3.63, 3.8) is 0 Å². The Morgan fingerprint density at radius 3 is 2.44 bits per heavy atom. The summed E-state index contributed by atoms with van der Waals surface area (Å²) < 4.78 is 2.12. The van der Waals surface area contributed by atoms with Gasteiger partial charge in [0.25, 0.3) is 0 Å². The van der Waals surface area contributed by atoms with E-state index < -0.39 is 5.97 Å². The van der Waals surface area contributed by atoms with Crippen LogP contribution in [0.15, 0.2) is 0 Å². The predicted molar refractivity (Wildman–Crippen MR) is 97.7 cm³/mol. The zero-order chi connectivity index (χ0) is 18.4. The van der Waals surface area contributed by atoms with Crippen LogP contribution in [0, 0.1) is 19.3 Å². The third kappa shape index (κ3) is 3.47. The number of hydrogen-bond acceptors (Lipinski definition) is 4. The molecule has 0 amide bonds. The van der Waals surface area contributed by atoms with E-state index in [0.717, 1.165) is 51.1 Å². The summed E-state index contributed by atoms with van der Waals surface area (Å²) in [4.78, 5) is 16.0. The number of carboxylic acid groups (broad SMARTS) is 1. The zero-order valence-electron chi connectivity index (χ0n) is 16.2. The number of hydrogen-bond donors (Lipinski definition) is 1. The second-order valence-electron chi connectivity index (χ2n) is 8.44. The van der Waals surface area contributed by atoms with E-state index in [2.05, 4.69) is 37.3 Å². The SMILES string of the molecule is Cc1nn(C(C)C)c(C)c1CN1CCC2(CC1)C[C@@H](C(=O)O)N(C)C2. The molecule has 3 rings (SSSR count). The zero-order valence-corrected chi connectivity index (χ0v) is 16.2. The quantitative estimate of drug-likeness (QED) is 0.906. The van der Waals surface area contributed by atoms with Gasteiger partial charge in [0.05, 0.1) is 5.69 Å². The van der Waals surface area contributed by atoms with Crippen molar-refractivity contribution in [3.05, 3.63) is 17.0 Å². The van der Waals surface area contributed by atoms with Crippen molar-refractivity contribution in [2.24, 2.45) is 5.41 Å². The van der Waals surface area contributed by atoms with Crippen LogP contribution in [0.4, 0.5) is 0 Å². The smallest absolute Gasteiger partial charge is 0.320 e. The molecule has 1 spiro atoms. The highest BCUT2D eigenvalue weighted by Gasteiger charge is 2.46. The molecule has 0 radical (unpaired) electrons. The molecule has 0 unspecified atom stereocenters. The molecule has 2 fully saturated rings. The van der Waals surface area contributed by atoms with Crippen molar-refractivity contribution >= 4 is 5.97 Å². The highest BCUT2D eigenvalue weighted by Crippen LogP contribution is 2.43. The Morgan fingerprint density at radius 1 is 1.32 bits per heavy atom. The van der Waals surface area contributed by atoms with Crippen LogP contribution >= 0.6 is 0 Å². The maximum absolute atomic E-state index is 11.4. The lowest BCUT2D eigenvalue weighted by Gasteiger charge is -2.39. The van der Waals surface area contributed by atoms with E-state index in [0.29, 0.717) is 6.04 Å². The fraction of sp³-hybridized carbons (Fsp3) is 0.789. The number of nitrogens with zero attached hydrogens (tertiary/aromatic N) is 4. The number of likely N-dealkylation sites (tertiary alicyclic amines) is 2. The fourth-order valence-electron chi connectivity index (χ4n) is 4.75. The molecule has 25 heavy (non-hydrogen) atoms. The van der Waals surface area contributed by atoms with E-state index in [-0.39, 0.29) is 11.5 Å². The number of aryl methyl sites for hydroxylation is 1. The van der Waals surface area contributed by atoms with Gasteiger partial charge in [0.2, 0.25) is 0 Å². The summed E-state index contributed by atoms with van der Waals surface area (Å²) in [7, 11) is 1.95. The van der Waals surface area contributed by atoms with E-state index in [1.54, 1.807) is 0 Å². The van der Waals surface area contributed by atoms with Crippen LogP contribution < -0.4 is 0 Å². The van der Waals surface area contributed by atoms with Gasteiger partial charge in [0.15, 0.2) is 0 Å². The van der Waals surface area contributed by atoms with Gasteiger partial charge in [-0.05, 0) is 72.5 Å². The van der Waals surface area contributed by atoms with Gasteiger partial charge in [-0.3, -0.25) is 19.3 Å². The molecule has 140 valence electrons. The summed E-state index contributed by atoms with van der Waals surface area (Å²) in [5, 5.41) is 14.1. The van der Waals surface area contributed by atoms with Gasteiger partial charge in [0, 0.05) is 30.4 Å². The first-order valence-corrected chi connectivity index (χ1v) is 9.42. The van der Waals surface area contributed by atoms with E-state index in [1.807, 2.05) is 11.9 Å². The van der Waals surface area contributed by atoms with Gasteiger partial charge < -0.3 is 5.11 Å². The Morgan fingerprint density at radius 2 is 1.96 bits per heavy atom. The third-order valence-electron chi connectivity index (χ3n) is 6.29. The first-order valence-electron chi connectivity index (χ1n) is 9.42. The largest absolute Gasteiger partial charge is 0.480 e. The lowest BCUT2D eigenvalue weighted by molar-refractivity contribution is -0.141. The minimum atomic E-state index is -0.672. The predicted octanol–water partition coefficient (Wildman–Crippen LogP) is 2.45. The fourth-order valence-corrected chi connectivity index (χ4v) is 4.75. The molecule has 1 aromatic heterocycles. The molecule has 0 saturated carbocycles. The molecule has 6 heteroatoms. The second kappa shape index (κ2) is 6.72. The minimum Gasteiger partial charge on any atom is -0.480 e. The van der Waals surface area contributed by atoms with E-state index in [9.17, 15) is 9.90 Å². The van der Waals surface area contributed by atoms with Crippen LogP contribution in [-0.4, -0.2) is 63.4 Å². The lowest BCUT2D eigenvalue weighted by Crippen LogP contribution is -2.41. The normalized spacial score (nSPS) is 24.5. The molecule has 2 saturated heterocycles. The number of carboxylic acids is 1. The molecular formula is C19H32N4O2. The Labute approximate surface area is 150 Å². The maximum atomic E-state index is 11.4. The molecular weight excluding hydrogens is 316 g/mol. The molecule has 1 atom stereocenters. The van der Waals surface area contributed by atoms with Crippen molar-refractivity contribution in [3.8, 4) is 0 Å². The summed E-state index contributed by atoms with van der Waals surface area (Å²) in [5.41, 5.74) is 3.97. The molecule has 1 aromatic rings. The van der Waals surface area contributed by atoms with Crippen LogP contribution in [0.25, 0.3) is 0 Å². The van der Waals surface area contributed by atoms with Crippen LogP contribution in [0.1, 0.15) is 56.1 Å². The Balaban J connectivity index is 1.63. The summed E-state index contributed by atoms with van der Waals surface area (Å²) in [6.07, 6.45) is 2.99. The maximum Gasteiger partial charge on any atom is 0.320 e. The lowest BCUT2D eigenvalue weighted by atomic mass is 9.76. The molecule has 1 N–H and O–H groups in total. The van der Waals surface area contributed by atoms with Gasteiger partial charge in [-0.25, -0.2) is 0 Å². The number of likely N-dealkylation sites (N-methyl/N-ethyl adjacent to an activating group) is 1. The minimum absolute atomic E-state index is 0.195. The summed E-state index contributed by atoms with van der Waals surface area (Å²) in [6, 6.07) is 0.0827. The second-order valence-corrected chi connectivity index (χ2v) is 8.44. The van der Waals surface area contributed by atoms with E-state index in [4.69, 9.17) is 5.10 Å². The Bertz CT molecular complexity index is 644. The van der Waals surface area contributed by atoms with Crippen molar-refractivity contribution in [2.75, 3.05) is 26.7 Å².